The van der Waals surface area contributed by atoms with E-state index in [2.05, 4.69) is 39.6 Å². The van der Waals surface area contributed by atoms with Gasteiger partial charge < -0.3 is 4.90 Å². The number of nitrogens with zero attached hydrogens (tertiary/aromatic N) is 2. The van der Waals surface area contributed by atoms with Gasteiger partial charge in [-0.1, -0.05) is 35.8 Å². The third-order valence-electron chi connectivity index (χ3n) is 3.56. The first-order valence-electron chi connectivity index (χ1n) is 6.92. The summed E-state index contributed by atoms with van der Waals surface area (Å²) in [6.07, 6.45) is 0. The van der Waals surface area contributed by atoms with Crippen molar-refractivity contribution in [1.82, 2.24) is 4.90 Å². The lowest BCUT2D eigenvalue weighted by Crippen LogP contribution is -2.47. The minimum atomic E-state index is -0.112. The molecule has 1 aromatic carbocycles. The van der Waals surface area contributed by atoms with Crippen molar-refractivity contribution in [2.24, 2.45) is 5.92 Å². The van der Waals surface area contributed by atoms with Crippen LogP contribution in [0.3, 0.4) is 0 Å². The van der Waals surface area contributed by atoms with Crippen LogP contribution in [0, 0.1) is 11.7 Å². The molecule has 1 aliphatic rings. The molecule has 0 bridgehead atoms. The zero-order valence-electron chi connectivity index (χ0n) is 11.7. The van der Waals surface area contributed by atoms with Crippen molar-refractivity contribution in [2.75, 3.05) is 37.6 Å². The van der Waals surface area contributed by atoms with E-state index in [0.29, 0.717) is 11.2 Å². The molecule has 0 radical (unpaired) electrons. The van der Waals surface area contributed by atoms with E-state index in [1.807, 2.05) is 6.07 Å². The summed E-state index contributed by atoms with van der Waals surface area (Å²) in [5.74, 6) is 0.595. The van der Waals surface area contributed by atoms with Crippen LogP contribution in [-0.4, -0.2) is 37.6 Å². The van der Waals surface area contributed by atoms with Gasteiger partial charge in [0.1, 0.15) is 5.82 Å². The third kappa shape index (κ3) is 3.69. The molecule has 1 saturated heterocycles. The Morgan fingerprint density at radius 1 is 1.21 bits per heavy atom. The first-order chi connectivity index (χ1) is 9.11. The second-order valence-corrected chi connectivity index (χ2v) is 6.11. The number of halogens is 2. The van der Waals surface area contributed by atoms with Gasteiger partial charge in [0, 0.05) is 49.3 Å². The molecule has 0 aromatic heterocycles. The molecular formula is C15H22BrFN2. The predicted molar refractivity (Wildman–Crippen MR) is 82.5 cm³/mol. The van der Waals surface area contributed by atoms with Crippen molar-refractivity contribution in [3.63, 3.8) is 0 Å². The first kappa shape index (κ1) is 14.8. The van der Waals surface area contributed by atoms with E-state index in [0.717, 1.165) is 44.0 Å². The van der Waals surface area contributed by atoms with Crippen LogP contribution in [0.1, 0.15) is 19.4 Å². The Kier molecular flexibility index (Phi) is 5.22. The summed E-state index contributed by atoms with van der Waals surface area (Å²) in [6, 6.07) is 5.37. The molecule has 106 valence electrons. The van der Waals surface area contributed by atoms with E-state index in [1.54, 1.807) is 6.07 Å². The minimum Gasteiger partial charge on any atom is -0.369 e. The lowest BCUT2D eigenvalue weighted by atomic mass is 10.1. The Labute approximate surface area is 123 Å². The van der Waals surface area contributed by atoms with Gasteiger partial charge in [0.05, 0.1) is 0 Å². The Morgan fingerprint density at radius 3 is 2.47 bits per heavy atom. The molecule has 1 fully saturated rings. The van der Waals surface area contributed by atoms with Gasteiger partial charge in [-0.3, -0.25) is 4.90 Å². The Balaban J connectivity index is 2.03. The third-order valence-corrected chi connectivity index (χ3v) is 4.12. The minimum absolute atomic E-state index is 0.112. The fourth-order valence-electron chi connectivity index (χ4n) is 2.66. The van der Waals surface area contributed by atoms with E-state index in [-0.39, 0.29) is 5.82 Å². The highest BCUT2D eigenvalue weighted by molar-refractivity contribution is 9.08. The highest BCUT2D eigenvalue weighted by atomic mass is 79.9. The topological polar surface area (TPSA) is 6.48 Å². The van der Waals surface area contributed by atoms with Crippen LogP contribution in [0.15, 0.2) is 18.2 Å². The summed E-state index contributed by atoms with van der Waals surface area (Å²) in [4.78, 5) is 4.80. The molecule has 19 heavy (non-hydrogen) atoms. The van der Waals surface area contributed by atoms with E-state index < -0.39 is 0 Å². The van der Waals surface area contributed by atoms with Crippen molar-refractivity contribution in [2.45, 2.75) is 19.2 Å². The Morgan fingerprint density at radius 2 is 1.89 bits per heavy atom. The number of hydrogen-bond donors (Lipinski definition) is 0. The van der Waals surface area contributed by atoms with Crippen molar-refractivity contribution in [1.29, 1.82) is 0 Å². The van der Waals surface area contributed by atoms with Crippen molar-refractivity contribution in [3.05, 3.63) is 29.6 Å². The molecule has 0 N–H and O–H groups in total. The molecule has 4 heteroatoms. The SMILES string of the molecule is CC(C)CN1CCN(c2cccc(F)c2CBr)CC1. The highest BCUT2D eigenvalue weighted by Crippen LogP contribution is 2.26. The predicted octanol–water partition coefficient (Wildman–Crippen LogP) is 3.50. The Bertz CT molecular complexity index is 415. The van der Waals surface area contributed by atoms with Crippen molar-refractivity contribution in [3.8, 4) is 0 Å². The standard InChI is InChI=1S/C15H22BrFN2/c1-12(2)11-18-6-8-19(9-7-18)15-5-3-4-14(17)13(15)10-16/h3-5,12H,6-11H2,1-2H3. The number of hydrogen-bond acceptors (Lipinski definition) is 2. The van der Waals surface area contributed by atoms with Gasteiger partial charge in [-0.05, 0) is 18.1 Å². The lowest BCUT2D eigenvalue weighted by molar-refractivity contribution is 0.231. The number of alkyl halides is 1. The van der Waals surface area contributed by atoms with Gasteiger partial charge in [-0.2, -0.15) is 0 Å². The van der Waals surface area contributed by atoms with Gasteiger partial charge in [-0.15, -0.1) is 0 Å². The van der Waals surface area contributed by atoms with E-state index in [1.165, 1.54) is 6.07 Å². The molecule has 0 spiro atoms. The fourth-order valence-corrected chi connectivity index (χ4v) is 3.22. The summed E-state index contributed by atoms with van der Waals surface area (Å²) in [5, 5.41) is 0.571. The van der Waals surface area contributed by atoms with Crippen LogP contribution in [0.5, 0.6) is 0 Å². The van der Waals surface area contributed by atoms with Crippen LogP contribution in [0.2, 0.25) is 0 Å². The second-order valence-electron chi connectivity index (χ2n) is 5.55. The van der Waals surface area contributed by atoms with Crippen LogP contribution >= 0.6 is 15.9 Å². The first-order valence-corrected chi connectivity index (χ1v) is 8.04. The maximum Gasteiger partial charge on any atom is 0.129 e. The summed E-state index contributed by atoms with van der Waals surface area (Å²) >= 11 is 3.39. The average Bonchev–Trinajstić information content (AvgIpc) is 2.38. The van der Waals surface area contributed by atoms with Gasteiger partial charge in [0.15, 0.2) is 0 Å². The van der Waals surface area contributed by atoms with Gasteiger partial charge in [0.2, 0.25) is 0 Å². The van der Waals surface area contributed by atoms with Crippen molar-refractivity contribution >= 4 is 21.6 Å². The maximum atomic E-state index is 13.8. The zero-order chi connectivity index (χ0) is 13.8. The molecule has 0 unspecified atom stereocenters. The summed E-state index contributed by atoms with van der Waals surface area (Å²) in [6.45, 7) is 9.76. The van der Waals surface area contributed by atoms with Gasteiger partial charge in [-0.25, -0.2) is 4.39 Å². The van der Waals surface area contributed by atoms with Crippen molar-refractivity contribution < 1.29 is 4.39 Å². The Hall–Kier alpha value is -0.610. The summed E-state index contributed by atoms with van der Waals surface area (Å²) < 4.78 is 13.8. The monoisotopic (exact) mass is 328 g/mol. The molecule has 1 aliphatic heterocycles. The smallest absolute Gasteiger partial charge is 0.129 e. The number of anilines is 1. The molecular weight excluding hydrogens is 307 g/mol. The van der Waals surface area contributed by atoms with E-state index in [4.69, 9.17) is 0 Å². The molecule has 0 amide bonds. The number of rotatable bonds is 4. The molecule has 2 rings (SSSR count). The lowest BCUT2D eigenvalue weighted by Gasteiger charge is -2.37. The maximum absolute atomic E-state index is 13.8. The molecule has 1 heterocycles. The fraction of sp³-hybridized carbons (Fsp3) is 0.600. The molecule has 2 nitrogen and oxygen atoms in total. The molecule has 0 aliphatic carbocycles. The van der Waals surface area contributed by atoms with Gasteiger partial charge in [0.25, 0.3) is 0 Å². The number of piperazine rings is 1. The quantitative estimate of drug-likeness (QED) is 0.780. The molecule has 1 aromatic rings. The van der Waals surface area contributed by atoms with Crippen LogP contribution in [0.25, 0.3) is 0 Å². The second kappa shape index (κ2) is 6.71. The largest absolute Gasteiger partial charge is 0.369 e. The normalized spacial score (nSPS) is 17.2. The highest BCUT2D eigenvalue weighted by Gasteiger charge is 2.20. The molecule has 0 saturated carbocycles. The van der Waals surface area contributed by atoms with E-state index >= 15 is 0 Å². The van der Waals surface area contributed by atoms with Gasteiger partial charge >= 0.3 is 0 Å². The zero-order valence-corrected chi connectivity index (χ0v) is 13.3. The molecule has 0 atom stereocenters. The van der Waals surface area contributed by atoms with Crippen LogP contribution in [0.4, 0.5) is 10.1 Å². The number of benzene rings is 1. The van der Waals surface area contributed by atoms with Crippen LogP contribution < -0.4 is 4.90 Å². The average molecular weight is 329 g/mol. The van der Waals surface area contributed by atoms with Crippen LogP contribution in [-0.2, 0) is 5.33 Å². The summed E-state index contributed by atoms with van der Waals surface area (Å²) in [5.41, 5.74) is 1.82. The summed E-state index contributed by atoms with van der Waals surface area (Å²) in [7, 11) is 0. The van der Waals surface area contributed by atoms with E-state index in [9.17, 15) is 4.39 Å².